The highest BCUT2D eigenvalue weighted by Crippen LogP contribution is 2.28. The van der Waals surface area contributed by atoms with Gasteiger partial charge >= 0.3 is 0 Å². The molecule has 72 valence electrons. The molecule has 13 heavy (non-hydrogen) atoms. The van der Waals surface area contributed by atoms with Crippen molar-refractivity contribution in [3.63, 3.8) is 0 Å². The molecule has 2 aliphatic rings. The number of hydrogen-bond acceptors (Lipinski definition) is 2. The molecule has 4 heteroatoms. The van der Waals surface area contributed by atoms with Crippen LogP contribution in [0.5, 0.6) is 0 Å². The summed E-state index contributed by atoms with van der Waals surface area (Å²) < 4.78 is 0. The molecular formula is C9H14N2O2. The summed E-state index contributed by atoms with van der Waals surface area (Å²) in [5.74, 6) is 0.141. The molecule has 2 amide bonds. The number of rotatable bonds is 0. The molecule has 1 saturated heterocycles. The Bertz CT molecular complexity index is 252. The molecule has 1 aliphatic heterocycles. The highest BCUT2D eigenvalue weighted by molar-refractivity contribution is 5.89. The van der Waals surface area contributed by atoms with Gasteiger partial charge < -0.3 is 10.2 Å². The number of carbonyl (C=O) groups excluding carboxylic acids is 2. The number of likely N-dealkylation sites (N-methyl/N-ethyl adjacent to an activating group) is 1. The second-order valence-corrected chi connectivity index (χ2v) is 3.91. The predicted octanol–water partition coefficient (Wildman–Crippen LogP) is -0.257. The van der Waals surface area contributed by atoms with Gasteiger partial charge in [0.2, 0.25) is 11.8 Å². The summed E-state index contributed by atoms with van der Waals surface area (Å²) in [6.07, 6.45) is 2.93. The van der Waals surface area contributed by atoms with Gasteiger partial charge in [0.05, 0.1) is 12.5 Å². The lowest BCUT2D eigenvalue weighted by molar-refractivity contribution is -0.135. The number of amides is 2. The maximum Gasteiger partial charge on any atom is 0.239 e. The van der Waals surface area contributed by atoms with E-state index in [2.05, 4.69) is 5.32 Å². The van der Waals surface area contributed by atoms with Gasteiger partial charge in [0.25, 0.3) is 0 Å². The third-order valence-electron chi connectivity index (χ3n) is 2.94. The fraction of sp³-hybridized carbons (Fsp3) is 0.778. The smallest absolute Gasteiger partial charge is 0.239 e. The van der Waals surface area contributed by atoms with Crippen molar-refractivity contribution in [1.82, 2.24) is 10.2 Å². The molecule has 0 radical (unpaired) electrons. The van der Waals surface area contributed by atoms with Crippen molar-refractivity contribution >= 4 is 11.8 Å². The summed E-state index contributed by atoms with van der Waals surface area (Å²) in [7, 11) is 1.70. The summed E-state index contributed by atoms with van der Waals surface area (Å²) in [5, 5.41) is 2.90. The molecule has 0 aromatic carbocycles. The molecule has 1 saturated carbocycles. The van der Waals surface area contributed by atoms with Crippen molar-refractivity contribution in [2.24, 2.45) is 5.92 Å². The fourth-order valence-corrected chi connectivity index (χ4v) is 2.26. The maximum atomic E-state index is 11.7. The van der Waals surface area contributed by atoms with E-state index < -0.39 is 0 Å². The van der Waals surface area contributed by atoms with E-state index in [1.807, 2.05) is 0 Å². The van der Waals surface area contributed by atoms with Crippen LogP contribution in [0, 0.1) is 5.92 Å². The first-order valence-electron chi connectivity index (χ1n) is 4.73. The molecule has 2 rings (SSSR count). The van der Waals surface area contributed by atoms with Crippen LogP contribution in [0.3, 0.4) is 0 Å². The van der Waals surface area contributed by atoms with Gasteiger partial charge in [-0.15, -0.1) is 0 Å². The first kappa shape index (κ1) is 8.53. The lowest BCUT2D eigenvalue weighted by Gasteiger charge is -2.17. The predicted molar refractivity (Wildman–Crippen MR) is 46.9 cm³/mol. The van der Waals surface area contributed by atoms with Crippen LogP contribution in [-0.2, 0) is 9.59 Å². The first-order valence-corrected chi connectivity index (χ1v) is 4.73. The Hall–Kier alpha value is -1.06. The molecule has 0 aromatic rings. The first-order chi connectivity index (χ1) is 6.18. The highest BCUT2D eigenvalue weighted by Gasteiger charge is 2.38. The number of nitrogens with one attached hydrogen (secondary N) is 1. The van der Waals surface area contributed by atoms with E-state index in [1.54, 1.807) is 7.05 Å². The summed E-state index contributed by atoms with van der Waals surface area (Å²) >= 11 is 0. The van der Waals surface area contributed by atoms with Gasteiger partial charge in [0.15, 0.2) is 0 Å². The van der Waals surface area contributed by atoms with E-state index in [0.717, 1.165) is 19.3 Å². The minimum Gasteiger partial charge on any atom is -0.351 e. The minimum atomic E-state index is -0.0229. The summed E-state index contributed by atoms with van der Waals surface area (Å²) in [4.78, 5) is 24.5. The molecule has 1 N–H and O–H groups in total. The minimum absolute atomic E-state index is 0.0229. The van der Waals surface area contributed by atoms with Crippen LogP contribution >= 0.6 is 0 Å². The van der Waals surface area contributed by atoms with Gasteiger partial charge in [-0.05, 0) is 12.8 Å². The van der Waals surface area contributed by atoms with Crippen LogP contribution in [0.1, 0.15) is 19.3 Å². The van der Waals surface area contributed by atoms with E-state index in [1.165, 1.54) is 4.90 Å². The van der Waals surface area contributed by atoms with Crippen LogP contribution in [0.2, 0.25) is 0 Å². The molecular weight excluding hydrogens is 168 g/mol. The van der Waals surface area contributed by atoms with Crippen molar-refractivity contribution < 1.29 is 9.59 Å². The van der Waals surface area contributed by atoms with Crippen LogP contribution in [0.25, 0.3) is 0 Å². The van der Waals surface area contributed by atoms with Crippen molar-refractivity contribution in [3.05, 3.63) is 0 Å². The molecule has 4 nitrogen and oxygen atoms in total. The summed E-state index contributed by atoms with van der Waals surface area (Å²) in [6.45, 7) is 0.214. The molecule has 0 spiro atoms. The van der Waals surface area contributed by atoms with Gasteiger partial charge in [-0.1, -0.05) is 6.42 Å². The Morgan fingerprint density at radius 2 is 2.15 bits per heavy atom. The third-order valence-corrected chi connectivity index (χ3v) is 2.94. The number of nitrogens with zero attached hydrogens (tertiary/aromatic N) is 1. The molecule has 0 aromatic heterocycles. The van der Waals surface area contributed by atoms with Crippen molar-refractivity contribution in [1.29, 1.82) is 0 Å². The van der Waals surface area contributed by atoms with Crippen molar-refractivity contribution in [2.45, 2.75) is 25.3 Å². The summed E-state index contributed by atoms with van der Waals surface area (Å²) in [6, 6.07) is 0.102. The van der Waals surface area contributed by atoms with Gasteiger partial charge in [-0.3, -0.25) is 9.59 Å². The normalized spacial score (nSPS) is 34.1. The molecule has 2 fully saturated rings. The van der Waals surface area contributed by atoms with Gasteiger partial charge in [-0.25, -0.2) is 0 Å². The molecule has 1 heterocycles. The highest BCUT2D eigenvalue weighted by atomic mass is 16.2. The van der Waals surface area contributed by atoms with E-state index in [9.17, 15) is 9.59 Å². The molecule has 0 bridgehead atoms. The van der Waals surface area contributed by atoms with Gasteiger partial charge in [0.1, 0.15) is 0 Å². The molecule has 0 unspecified atom stereocenters. The average Bonchev–Trinajstić information content (AvgIpc) is 2.47. The standard InChI is InChI=1S/C9H14N2O2/c1-11-5-8(12)10-7-4-2-3-6(7)9(11)13/h6-7H,2-5H2,1H3,(H,10,12)/t6-,7-/m0/s1. The summed E-state index contributed by atoms with van der Waals surface area (Å²) in [5.41, 5.74) is 0. The zero-order valence-corrected chi connectivity index (χ0v) is 7.75. The third kappa shape index (κ3) is 1.41. The SMILES string of the molecule is CN1CC(=O)N[C@H]2CCC[C@@H]2C1=O. The van der Waals surface area contributed by atoms with E-state index >= 15 is 0 Å². The fourth-order valence-electron chi connectivity index (χ4n) is 2.26. The van der Waals surface area contributed by atoms with Crippen LogP contribution < -0.4 is 5.32 Å². The van der Waals surface area contributed by atoms with Crippen LogP contribution in [-0.4, -0.2) is 36.3 Å². The van der Waals surface area contributed by atoms with Crippen LogP contribution in [0.4, 0.5) is 0 Å². The van der Waals surface area contributed by atoms with Crippen molar-refractivity contribution in [3.8, 4) is 0 Å². The zero-order valence-electron chi connectivity index (χ0n) is 7.75. The lowest BCUT2D eigenvalue weighted by Crippen LogP contribution is -2.37. The molecule has 1 aliphatic carbocycles. The monoisotopic (exact) mass is 182 g/mol. The maximum absolute atomic E-state index is 11.7. The largest absolute Gasteiger partial charge is 0.351 e. The second kappa shape index (κ2) is 3.01. The quantitative estimate of drug-likeness (QED) is 0.561. The van der Waals surface area contributed by atoms with E-state index in [-0.39, 0.29) is 30.3 Å². The Kier molecular flexibility index (Phi) is 1.98. The van der Waals surface area contributed by atoms with Gasteiger partial charge in [0, 0.05) is 13.1 Å². The average molecular weight is 182 g/mol. The Morgan fingerprint density at radius 1 is 1.38 bits per heavy atom. The van der Waals surface area contributed by atoms with Gasteiger partial charge in [-0.2, -0.15) is 0 Å². The Morgan fingerprint density at radius 3 is 2.92 bits per heavy atom. The van der Waals surface area contributed by atoms with Crippen molar-refractivity contribution in [2.75, 3.05) is 13.6 Å². The number of fused-ring (bicyclic) bond motifs is 1. The Balaban J connectivity index is 2.21. The van der Waals surface area contributed by atoms with E-state index in [0.29, 0.717) is 0 Å². The number of hydrogen-bond donors (Lipinski definition) is 1. The zero-order chi connectivity index (χ0) is 9.42. The van der Waals surface area contributed by atoms with E-state index in [4.69, 9.17) is 0 Å². The van der Waals surface area contributed by atoms with Crippen LogP contribution in [0.15, 0.2) is 0 Å². The lowest BCUT2D eigenvalue weighted by atomic mass is 10.0. The number of carbonyl (C=O) groups is 2. The topological polar surface area (TPSA) is 49.4 Å². The Labute approximate surface area is 77.3 Å². The second-order valence-electron chi connectivity index (χ2n) is 3.91. The molecule has 2 atom stereocenters.